The van der Waals surface area contributed by atoms with Crippen molar-refractivity contribution in [3.05, 3.63) is 16.1 Å². The fraction of sp³-hybridized carbons (Fsp3) is 0.765. The summed E-state index contributed by atoms with van der Waals surface area (Å²) in [6.07, 6.45) is 8.13. The molecule has 1 saturated carbocycles. The van der Waals surface area contributed by atoms with Crippen molar-refractivity contribution < 1.29 is 4.79 Å². The van der Waals surface area contributed by atoms with Crippen LogP contribution in [0.1, 0.15) is 54.0 Å². The monoisotopic (exact) mass is 321 g/mol. The first-order chi connectivity index (χ1) is 10.7. The van der Waals surface area contributed by atoms with Crippen LogP contribution in [0.3, 0.4) is 0 Å². The number of hydrogen-bond acceptors (Lipinski definition) is 4. The van der Waals surface area contributed by atoms with E-state index in [1.807, 2.05) is 17.2 Å². The summed E-state index contributed by atoms with van der Waals surface area (Å²) < 4.78 is 0. The van der Waals surface area contributed by atoms with Gasteiger partial charge < -0.3 is 9.80 Å². The summed E-state index contributed by atoms with van der Waals surface area (Å²) in [5.74, 6) is 1.00. The number of hydrogen-bond donors (Lipinski definition) is 0. The molecular formula is C17H27N3OS. The zero-order valence-electron chi connectivity index (χ0n) is 13.6. The first-order valence-corrected chi connectivity index (χ1v) is 9.54. The molecule has 1 aromatic rings. The molecule has 2 fully saturated rings. The largest absolute Gasteiger partial charge is 0.336 e. The van der Waals surface area contributed by atoms with E-state index in [2.05, 4.69) is 9.88 Å². The molecule has 0 unspecified atom stereocenters. The van der Waals surface area contributed by atoms with E-state index in [-0.39, 0.29) is 5.91 Å². The van der Waals surface area contributed by atoms with Crippen LogP contribution in [0.15, 0.2) is 5.38 Å². The smallest absolute Gasteiger partial charge is 0.273 e. The SMILES string of the molecule is Cc1nc(C(=O)N2CCCN(CC3CCCCC3)CC2)cs1. The Morgan fingerprint density at radius 2 is 2.00 bits per heavy atom. The number of carbonyl (C=O) groups is 1. The number of nitrogens with zero attached hydrogens (tertiary/aromatic N) is 3. The van der Waals surface area contributed by atoms with Gasteiger partial charge in [0.05, 0.1) is 5.01 Å². The molecule has 0 aromatic carbocycles. The summed E-state index contributed by atoms with van der Waals surface area (Å²) in [6, 6.07) is 0. The number of amides is 1. The van der Waals surface area contributed by atoms with Crippen LogP contribution in [-0.4, -0.2) is 53.4 Å². The van der Waals surface area contributed by atoms with Crippen LogP contribution >= 0.6 is 11.3 Å². The molecule has 5 heteroatoms. The summed E-state index contributed by atoms with van der Waals surface area (Å²) in [6.45, 7) is 7.06. The molecule has 1 saturated heterocycles. The van der Waals surface area contributed by atoms with Crippen LogP contribution in [0.5, 0.6) is 0 Å². The average molecular weight is 321 g/mol. The Hall–Kier alpha value is -0.940. The second-order valence-electron chi connectivity index (χ2n) is 6.70. The van der Waals surface area contributed by atoms with Gasteiger partial charge in [0, 0.05) is 31.6 Å². The van der Waals surface area contributed by atoms with Crippen LogP contribution in [-0.2, 0) is 0 Å². The van der Waals surface area contributed by atoms with Crippen molar-refractivity contribution >= 4 is 17.2 Å². The van der Waals surface area contributed by atoms with Gasteiger partial charge in [0.15, 0.2) is 0 Å². The fourth-order valence-electron chi connectivity index (χ4n) is 3.72. The van der Waals surface area contributed by atoms with Crippen LogP contribution < -0.4 is 0 Å². The Bertz CT molecular complexity index is 496. The van der Waals surface area contributed by atoms with Crippen molar-refractivity contribution in [1.82, 2.24) is 14.8 Å². The highest BCUT2D eigenvalue weighted by molar-refractivity contribution is 7.09. The fourth-order valence-corrected chi connectivity index (χ4v) is 4.30. The lowest BCUT2D eigenvalue weighted by Gasteiger charge is -2.28. The molecular weight excluding hydrogens is 294 g/mol. The van der Waals surface area contributed by atoms with Crippen LogP contribution in [0.4, 0.5) is 0 Å². The lowest BCUT2D eigenvalue weighted by molar-refractivity contribution is 0.0754. The summed E-state index contributed by atoms with van der Waals surface area (Å²) in [5, 5.41) is 2.86. The maximum absolute atomic E-state index is 12.5. The molecule has 22 heavy (non-hydrogen) atoms. The van der Waals surface area contributed by atoms with E-state index in [1.165, 1.54) is 38.6 Å². The summed E-state index contributed by atoms with van der Waals surface area (Å²) in [7, 11) is 0. The van der Waals surface area contributed by atoms with Crippen molar-refractivity contribution in [1.29, 1.82) is 0 Å². The number of aromatic nitrogens is 1. The number of aryl methyl sites for hydroxylation is 1. The summed E-state index contributed by atoms with van der Waals surface area (Å²) in [4.78, 5) is 21.4. The molecule has 3 rings (SSSR count). The van der Waals surface area contributed by atoms with Crippen molar-refractivity contribution in [2.45, 2.75) is 45.4 Å². The molecule has 2 aliphatic rings. The molecule has 0 radical (unpaired) electrons. The van der Waals surface area contributed by atoms with Gasteiger partial charge in [0.25, 0.3) is 5.91 Å². The van der Waals surface area contributed by atoms with Crippen LogP contribution in [0.25, 0.3) is 0 Å². The molecule has 0 spiro atoms. The molecule has 2 heterocycles. The van der Waals surface area contributed by atoms with E-state index in [4.69, 9.17) is 0 Å². The van der Waals surface area contributed by atoms with E-state index in [0.717, 1.165) is 43.5 Å². The lowest BCUT2D eigenvalue weighted by Crippen LogP contribution is -2.37. The minimum Gasteiger partial charge on any atom is -0.336 e. The van der Waals surface area contributed by atoms with Gasteiger partial charge >= 0.3 is 0 Å². The highest BCUT2D eigenvalue weighted by Crippen LogP contribution is 2.24. The Labute approximate surface area is 137 Å². The zero-order valence-corrected chi connectivity index (χ0v) is 14.4. The summed E-state index contributed by atoms with van der Waals surface area (Å²) >= 11 is 1.56. The Morgan fingerprint density at radius 3 is 2.73 bits per heavy atom. The summed E-state index contributed by atoms with van der Waals surface area (Å²) in [5.41, 5.74) is 0.628. The molecule has 1 amide bonds. The number of thiazole rings is 1. The van der Waals surface area contributed by atoms with E-state index < -0.39 is 0 Å². The van der Waals surface area contributed by atoms with Gasteiger partial charge in [0.1, 0.15) is 5.69 Å². The van der Waals surface area contributed by atoms with Crippen molar-refractivity contribution in [3.8, 4) is 0 Å². The first kappa shape index (κ1) is 15.9. The second-order valence-corrected chi connectivity index (χ2v) is 7.76. The van der Waals surface area contributed by atoms with Gasteiger partial charge in [0.2, 0.25) is 0 Å². The lowest BCUT2D eigenvalue weighted by atomic mass is 9.89. The molecule has 1 aliphatic carbocycles. The van der Waals surface area contributed by atoms with Crippen LogP contribution in [0, 0.1) is 12.8 Å². The quantitative estimate of drug-likeness (QED) is 0.858. The predicted molar refractivity (Wildman–Crippen MR) is 90.4 cm³/mol. The highest BCUT2D eigenvalue weighted by Gasteiger charge is 2.23. The highest BCUT2D eigenvalue weighted by atomic mass is 32.1. The average Bonchev–Trinajstić information content (AvgIpc) is 2.83. The topological polar surface area (TPSA) is 36.4 Å². The molecule has 4 nitrogen and oxygen atoms in total. The molecule has 0 atom stereocenters. The Morgan fingerprint density at radius 1 is 1.18 bits per heavy atom. The van der Waals surface area contributed by atoms with Crippen molar-refractivity contribution in [3.63, 3.8) is 0 Å². The predicted octanol–water partition coefficient (Wildman–Crippen LogP) is 3.18. The van der Waals surface area contributed by atoms with Gasteiger partial charge in [-0.2, -0.15) is 0 Å². The number of rotatable bonds is 3. The van der Waals surface area contributed by atoms with Gasteiger partial charge in [-0.1, -0.05) is 19.3 Å². The minimum atomic E-state index is 0.115. The zero-order chi connectivity index (χ0) is 15.4. The van der Waals surface area contributed by atoms with E-state index in [0.29, 0.717) is 5.69 Å². The van der Waals surface area contributed by atoms with Gasteiger partial charge in [-0.05, 0) is 38.6 Å². The molecule has 122 valence electrons. The molecule has 1 aliphatic heterocycles. The van der Waals surface area contributed by atoms with Crippen molar-refractivity contribution in [2.24, 2.45) is 5.92 Å². The third kappa shape index (κ3) is 4.07. The Kier molecular flexibility index (Phi) is 5.47. The maximum Gasteiger partial charge on any atom is 0.273 e. The van der Waals surface area contributed by atoms with E-state index in [9.17, 15) is 4.79 Å². The normalized spacial score (nSPS) is 21.8. The second kappa shape index (κ2) is 7.55. The molecule has 0 bridgehead atoms. The number of carbonyl (C=O) groups excluding carboxylic acids is 1. The maximum atomic E-state index is 12.5. The van der Waals surface area contributed by atoms with Crippen molar-refractivity contribution in [2.75, 3.05) is 32.7 Å². The third-order valence-corrected chi connectivity index (χ3v) is 5.73. The van der Waals surface area contributed by atoms with Gasteiger partial charge in [-0.15, -0.1) is 11.3 Å². The van der Waals surface area contributed by atoms with Gasteiger partial charge in [-0.25, -0.2) is 4.98 Å². The first-order valence-electron chi connectivity index (χ1n) is 8.66. The minimum absolute atomic E-state index is 0.115. The van der Waals surface area contributed by atoms with E-state index >= 15 is 0 Å². The molecule has 0 N–H and O–H groups in total. The van der Waals surface area contributed by atoms with Crippen LogP contribution in [0.2, 0.25) is 0 Å². The van der Waals surface area contributed by atoms with E-state index in [1.54, 1.807) is 11.3 Å². The standard InChI is InChI=1S/C17H27N3OS/c1-14-18-16(13-22-14)17(21)20-9-5-8-19(10-11-20)12-15-6-3-2-4-7-15/h13,15H,2-12H2,1H3. The van der Waals surface area contributed by atoms with Gasteiger partial charge in [-0.3, -0.25) is 4.79 Å². The molecule has 1 aromatic heterocycles. The third-order valence-electron chi connectivity index (χ3n) is 4.96. The Balaban J connectivity index is 1.52.